The summed E-state index contributed by atoms with van der Waals surface area (Å²) in [5.74, 6) is 2.51. The molecular weight excluding hydrogens is 503 g/mol. The molecule has 31 heavy (non-hydrogen) atoms. The maximum atomic E-state index is 5.72. The van der Waals surface area contributed by atoms with Crippen LogP contribution in [-0.4, -0.2) is 40.4 Å². The Labute approximate surface area is 201 Å². The van der Waals surface area contributed by atoms with E-state index >= 15 is 0 Å². The Morgan fingerprint density at radius 1 is 1.10 bits per heavy atom. The lowest BCUT2D eigenvalue weighted by molar-refractivity contribution is 0.311. The number of nitrogens with one attached hydrogen (secondary N) is 2. The Balaban J connectivity index is 0.00000341. The monoisotopic (exact) mass is 534 g/mol. The highest BCUT2D eigenvalue weighted by Crippen LogP contribution is 2.11. The van der Waals surface area contributed by atoms with Crippen molar-refractivity contribution in [2.24, 2.45) is 4.99 Å². The molecule has 7 nitrogen and oxygen atoms in total. The number of guanidine groups is 1. The van der Waals surface area contributed by atoms with Gasteiger partial charge in [0.05, 0.1) is 18.8 Å². The van der Waals surface area contributed by atoms with E-state index in [1.807, 2.05) is 73.3 Å². The average Bonchev–Trinajstić information content (AvgIpc) is 3.10. The van der Waals surface area contributed by atoms with Gasteiger partial charge in [-0.25, -0.2) is 14.7 Å². The van der Waals surface area contributed by atoms with Gasteiger partial charge in [0.25, 0.3) is 0 Å². The zero-order valence-electron chi connectivity index (χ0n) is 18.3. The molecule has 0 unspecified atom stereocenters. The van der Waals surface area contributed by atoms with Gasteiger partial charge >= 0.3 is 0 Å². The molecule has 0 saturated carbocycles. The van der Waals surface area contributed by atoms with Crippen LogP contribution >= 0.6 is 24.0 Å². The van der Waals surface area contributed by atoms with Crippen LogP contribution in [0.2, 0.25) is 0 Å². The lowest BCUT2D eigenvalue weighted by atomic mass is 10.3. The van der Waals surface area contributed by atoms with Crippen LogP contribution in [0.4, 0.5) is 0 Å². The summed E-state index contributed by atoms with van der Waals surface area (Å²) < 4.78 is 7.57. The lowest BCUT2D eigenvalue weighted by Crippen LogP contribution is -2.38. The van der Waals surface area contributed by atoms with Crippen molar-refractivity contribution in [2.45, 2.75) is 33.7 Å². The first kappa shape index (κ1) is 24.6. The molecule has 0 spiro atoms. The Hall–Kier alpha value is -2.62. The Morgan fingerprint density at radius 2 is 1.90 bits per heavy atom. The standard InChI is InChI=1S/C23H30N6O.HI/c1-4-24-23(25-13-8-14-30-21-9-6-5-7-10-21)27-17-20-11-12-22(26-16-20)29-19(3)15-18(2)28-29;/h5-7,9-12,15-16H,4,8,13-14,17H2,1-3H3,(H2,24,25,27);1H. The van der Waals surface area contributed by atoms with Crippen molar-refractivity contribution >= 4 is 29.9 Å². The Kier molecular flexibility index (Phi) is 10.3. The van der Waals surface area contributed by atoms with Crippen molar-refractivity contribution in [3.05, 3.63) is 71.7 Å². The number of benzene rings is 1. The molecule has 0 amide bonds. The fourth-order valence-corrected chi connectivity index (χ4v) is 2.99. The number of rotatable bonds is 9. The molecule has 166 valence electrons. The third-order valence-electron chi connectivity index (χ3n) is 4.43. The number of ether oxygens (including phenoxy) is 1. The molecular formula is C23H31IN6O. The molecule has 1 aromatic carbocycles. The molecule has 0 radical (unpaired) electrons. The van der Waals surface area contributed by atoms with E-state index in [0.717, 1.165) is 54.0 Å². The number of pyridine rings is 1. The third-order valence-corrected chi connectivity index (χ3v) is 4.43. The van der Waals surface area contributed by atoms with Gasteiger partial charge in [-0.1, -0.05) is 24.3 Å². The van der Waals surface area contributed by atoms with Gasteiger partial charge in [-0.3, -0.25) is 0 Å². The van der Waals surface area contributed by atoms with Crippen LogP contribution in [0.1, 0.15) is 30.3 Å². The van der Waals surface area contributed by atoms with Crippen molar-refractivity contribution in [3.63, 3.8) is 0 Å². The van der Waals surface area contributed by atoms with E-state index < -0.39 is 0 Å². The molecule has 0 bridgehead atoms. The number of nitrogens with zero attached hydrogens (tertiary/aromatic N) is 4. The lowest BCUT2D eigenvalue weighted by Gasteiger charge is -2.12. The van der Waals surface area contributed by atoms with E-state index in [9.17, 15) is 0 Å². The summed E-state index contributed by atoms with van der Waals surface area (Å²) in [4.78, 5) is 9.19. The average molecular weight is 534 g/mol. The minimum absolute atomic E-state index is 0. The van der Waals surface area contributed by atoms with Gasteiger partial charge in [-0.15, -0.1) is 24.0 Å². The summed E-state index contributed by atoms with van der Waals surface area (Å²) in [7, 11) is 0. The van der Waals surface area contributed by atoms with Crippen LogP contribution < -0.4 is 15.4 Å². The Morgan fingerprint density at radius 3 is 2.55 bits per heavy atom. The van der Waals surface area contributed by atoms with Gasteiger partial charge in [0, 0.05) is 25.0 Å². The first-order valence-electron chi connectivity index (χ1n) is 10.3. The molecule has 3 aromatic rings. The summed E-state index contributed by atoms with van der Waals surface area (Å²) >= 11 is 0. The predicted molar refractivity (Wildman–Crippen MR) is 136 cm³/mol. The van der Waals surface area contributed by atoms with Crippen LogP contribution in [0.3, 0.4) is 0 Å². The number of aryl methyl sites for hydroxylation is 2. The second kappa shape index (κ2) is 12.9. The van der Waals surface area contributed by atoms with E-state index in [0.29, 0.717) is 13.2 Å². The van der Waals surface area contributed by atoms with Crippen LogP contribution in [-0.2, 0) is 6.54 Å². The smallest absolute Gasteiger partial charge is 0.191 e. The SMILES string of the molecule is CCNC(=NCc1ccc(-n2nc(C)cc2C)nc1)NCCCOc1ccccc1.I. The van der Waals surface area contributed by atoms with E-state index in [4.69, 9.17) is 4.74 Å². The molecule has 3 rings (SSSR count). The molecule has 2 heterocycles. The van der Waals surface area contributed by atoms with E-state index in [-0.39, 0.29) is 24.0 Å². The number of para-hydroxylation sites is 1. The van der Waals surface area contributed by atoms with Crippen molar-refractivity contribution in [3.8, 4) is 11.6 Å². The van der Waals surface area contributed by atoms with Crippen molar-refractivity contribution in [1.29, 1.82) is 0 Å². The molecule has 0 aliphatic heterocycles. The summed E-state index contributed by atoms with van der Waals surface area (Å²) in [6.45, 7) is 8.87. The van der Waals surface area contributed by atoms with Gasteiger partial charge in [0.1, 0.15) is 5.75 Å². The van der Waals surface area contributed by atoms with Crippen LogP contribution in [0.25, 0.3) is 5.82 Å². The summed E-state index contributed by atoms with van der Waals surface area (Å²) in [6.07, 6.45) is 2.74. The second-order valence-electron chi connectivity index (χ2n) is 7.00. The van der Waals surface area contributed by atoms with Crippen LogP contribution in [0.15, 0.2) is 59.7 Å². The zero-order valence-corrected chi connectivity index (χ0v) is 20.7. The highest BCUT2D eigenvalue weighted by atomic mass is 127. The van der Waals surface area contributed by atoms with Gasteiger partial charge in [-0.05, 0) is 57.0 Å². The second-order valence-corrected chi connectivity index (χ2v) is 7.00. The number of halogens is 1. The highest BCUT2D eigenvalue weighted by molar-refractivity contribution is 14.0. The zero-order chi connectivity index (χ0) is 21.2. The maximum Gasteiger partial charge on any atom is 0.191 e. The first-order valence-corrected chi connectivity index (χ1v) is 10.3. The summed E-state index contributed by atoms with van der Waals surface area (Å²) in [5.41, 5.74) is 3.10. The number of aromatic nitrogens is 3. The predicted octanol–water partition coefficient (Wildman–Crippen LogP) is 4.03. The molecule has 0 saturated heterocycles. The minimum Gasteiger partial charge on any atom is -0.494 e. The van der Waals surface area contributed by atoms with Crippen molar-refractivity contribution in [1.82, 2.24) is 25.4 Å². The summed E-state index contributed by atoms with van der Waals surface area (Å²) in [5, 5.41) is 11.1. The molecule has 2 aromatic heterocycles. The van der Waals surface area contributed by atoms with E-state index in [1.165, 1.54) is 0 Å². The fraction of sp³-hybridized carbons (Fsp3) is 0.348. The van der Waals surface area contributed by atoms with Crippen LogP contribution in [0.5, 0.6) is 5.75 Å². The molecule has 0 fully saturated rings. The topological polar surface area (TPSA) is 76.4 Å². The van der Waals surface area contributed by atoms with Crippen LogP contribution in [0, 0.1) is 13.8 Å². The molecule has 0 aliphatic rings. The highest BCUT2D eigenvalue weighted by Gasteiger charge is 2.05. The molecule has 0 aliphatic carbocycles. The largest absolute Gasteiger partial charge is 0.494 e. The van der Waals surface area contributed by atoms with Gasteiger partial charge < -0.3 is 15.4 Å². The normalized spacial score (nSPS) is 11.0. The Bertz CT molecular complexity index is 940. The van der Waals surface area contributed by atoms with Gasteiger partial charge in [0.15, 0.2) is 11.8 Å². The van der Waals surface area contributed by atoms with Crippen molar-refractivity contribution < 1.29 is 4.74 Å². The number of hydrogen-bond donors (Lipinski definition) is 2. The molecule has 2 N–H and O–H groups in total. The van der Waals surface area contributed by atoms with Gasteiger partial charge in [-0.2, -0.15) is 5.10 Å². The minimum atomic E-state index is 0. The molecule has 8 heteroatoms. The summed E-state index contributed by atoms with van der Waals surface area (Å²) in [6, 6.07) is 15.9. The first-order chi connectivity index (χ1) is 14.7. The van der Waals surface area contributed by atoms with Crippen molar-refractivity contribution in [2.75, 3.05) is 19.7 Å². The fourth-order valence-electron chi connectivity index (χ4n) is 2.99. The quantitative estimate of drug-likeness (QED) is 0.188. The number of hydrogen-bond acceptors (Lipinski definition) is 4. The van der Waals surface area contributed by atoms with E-state index in [2.05, 4.69) is 32.6 Å². The molecule has 0 atom stereocenters. The third kappa shape index (κ3) is 7.86. The number of aliphatic imine (C=N–C) groups is 1. The van der Waals surface area contributed by atoms with Gasteiger partial charge in [0.2, 0.25) is 0 Å². The van der Waals surface area contributed by atoms with E-state index in [1.54, 1.807) is 0 Å². The maximum absolute atomic E-state index is 5.72.